The van der Waals surface area contributed by atoms with Crippen molar-refractivity contribution in [3.05, 3.63) is 109 Å². The molecule has 0 bridgehead atoms. The molecule has 0 saturated heterocycles. The van der Waals surface area contributed by atoms with Gasteiger partial charge in [0, 0.05) is 94.8 Å². The van der Waals surface area contributed by atoms with Gasteiger partial charge in [0.05, 0.1) is 0 Å². The Morgan fingerprint density at radius 1 is 0.537 bits per heavy atom. The van der Waals surface area contributed by atoms with Crippen molar-refractivity contribution in [1.82, 2.24) is 9.13 Å². The van der Waals surface area contributed by atoms with Crippen LogP contribution in [0.15, 0.2) is 84.9 Å². The molecule has 0 N–H and O–H groups in total. The third-order valence-corrected chi connectivity index (χ3v) is 12.5. The largest absolute Gasteiger partial charge is 1.00 e. The van der Waals surface area contributed by atoms with E-state index in [9.17, 15) is 0 Å². The van der Waals surface area contributed by atoms with Crippen LogP contribution in [0.2, 0.25) is 0 Å². The van der Waals surface area contributed by atoms with Crippen molar-refractivity contribution in [3.8, 4) is 11.8 Å². The number of aryl methyl sites for hydroxylation is 2. The first-order valence-corrected chi connectivity index (χ1v) is 18.5. The molecule has 0 aliphatic carbocycles. The van der Waals surface area contributed by atoms with Crippen LogP contribution < -0.4 is 0 Å². The minimum absolute atomic E-state index is 0. The van der Waals surface area contributed by atoms with E-state index in [4.69, 9.17) is 12.8 Å². The van der Waals surface area contributed by atoms with Gasteiger partial charge in [0.1, 0.15) is 0 Å². The second-order valence-electron chi connectivity index (χ2n) is 10.5. The summed E-state index contributed by atoms with van der Waals surface area (Å²) in [5, 5.41) is 4.92. The molecule has 0 atom stereocenters. The van der Waals surface area contributed by atoms with Gasteiger partial charge in [0.2, 0.25) is 0 Å². The van der Waals surface area contributed by atoms with E-state index in [1.807, 2.05) is 48.5 Å². The summed E-state index contributed by atoms with van der Waals surface area (Å²) >= 11 is 0. The molecule has 216 valence electrons. The van der Waals surface area contributed by atoms with E-state index in [0.29, 0.717) is 0 Å². The molecule has 0 spiro atoms. The molecule has 0 aliphatic rings. The van der Waals surface area contributed by atoms with Gasteiger partial charge in [0.25, 0.3) is 0 Å². The Bertz CT molecular complexity index is 1840. The quantitative estimate of drug-likeness (QED) is 0.0715. The van der Waals surface area contributed by atoms with Crippen LogP contribution in [0, 0.1) is 24.7 Å². The van der Waals surface area contributed by atoms with Gasteiger partial charge < -0.3 is 22.0 Å². The number of benzene rings is 4. The number of hydrogen-bond acceptors (Lipinski definition) is 0. The number of hydrogen-bond donors (Lipinski definition) is 0. The van der Waals surface area contributed by atoms with E-state index in [-0.39, 0.29) is 60.6 Å². The molecule has 2 heterocycles. The van der Waals surface area contributed by atoms with Crippen molar-refractivity contribution < 1.29 is 44.8 Å². The normalized spacial score (nSPS) is 10.3. The van der Waals surface area contributed by atoms with Gasteiger partial charge in [-0.1, -0.05) is 48.5 Å². The molecule has 2 aromatic heterocycles. The Kier molecular flexibility index (Phi) is 13.7. The molecule has 0 unspecified atom stereocenters. The SMILES string of the molecule is C[PH+](C)C[PH+](C)C.[Au+].[Au+].[C-]#Cc1ccc2c(c1)c1ccccc1n2C.[C-]#Cc1ccc2c3ccccc3n(C)c2c1. The van der Waals surface area contributed by atoms with Gasteiger partial charge in [-0.25, -0.2) is 0 Å². The van der Waals surface area contributed by atoms with Gasteiger partial charge in [0.15, 0.2) is 5.90 Å². The van der Waals surface area contributed by atoms with Crippen molar-refractivity contribution in [1.29, 1.82) is 0 Å². The van der Waals surface area contributed by atoms with E-state index in [1.165, 1.54) is 38.1 Å². The van der Waals surface area contributed by atoms with Crippen LogP contribution in [-0.4, -0.2) is 41.7 Å². The van der Waals surface area contributed by atoms with E-state index < -0.39 is 0 Å². The Morgan fingerprint density at radius 3 is 1.46 bits per heavy atom. The van der Waals surface area contributed by atoms with Crippen molar-refractivity contribution in [2.45, 2.75) is 0 Å². The van der Waals surface area contributed by atoms with Gasteiger partial charge >= 0.3 is 44.8 Å². The third kappa shape index (κ3) is 8.07. The van der Waals surface area contributed by atoms with Crippen LogP contribution in [0.3, 0.4) is 0 Å². The Labute approximate surface area is 278 Å². The van der Waals surface area contributed by atoms with Gasteiger partial charge in [-0.15, -0.1) is 35.4 Å². The van der Waals surface area contributed by atoms with Gasteiger partial charge in [-0.2, -0.15) is 0 Å². The molecule has 6 rings (SSSR count). The Balaban J connectivity index is 0.000000226. The average molecular weight is 941 g/mol. The monoisotopic (exact) mass is 940 g/mol. The molecule has 0 radical (unpaired) electrons. The van der Waals surface area contributed by atoms with Crippen molar-refractivity contribution in [2.75, 3.05) is 32.6 Å². The van der Waals surface area contributed by atoms with Gasteiger partial charge in [-0.05, 0) is 17.5 Å². The molecule has 6 aromatic rings. The van der Waals surface area contributed by atoms with E-state index in [1.54, 1.807) is 5.90 Å². The summed E-state index contributed by atoms with van der Waals surface area (Å²) in [6.07, 6.45) is 14.3. The van der Waals surface area contributed by atoms with Crippen molar-refractivity contribution in [3.63, 3.8) is 0 Å². The summed E-state index contributed by atoms with van der Waals surface area (Å²) in [4.78, 5) is 0. The third-order valence-electron chi connectivity index (χ3n) is 6.82. The summed E-state index contributed by atoms with van der Waals surface area (Å²) in [6.45, 7) is 9.56. The number of nitrogens with zero attached hydrogens (tertiary/aromatic N) is 2. The minimum Gasteiger partial charge on any atom is -0.366 e. The molecular formula is C35H36Au2N2P2+2. The molecule has 4 aromatic carbocycles. The van der Waals surface area contributed by atoms with E-state index >= 15 is 0 Å². The molecule has 6 heteroatoms. The summed E-state index contributed by atoms with van der Waals surface area (Å²) in [5.41, 5.74) is 6.43. The Hall–Kier alpha value is -2.06. The number of fused-ring (bicyclic) bond motifs is 6. The summed E-state index contributed by atoms with van der Waals surface area (Å²) in [7, 11) is 4.34. The first-order chi connectivity index (χ1) is 18.7. The fourth-order valence-electron chi connectivity index (χ4n) is 5.19. The summed E-state index contributed by atoms with van der Waals surface area (Å²) in [6, 6.07) is 28.7. The zero-order valence-electron chi connectivity index (χ0n) is 24.3. The average Bonchev–Trinajstić information content (AvgIpc) is 3.39. The predicted octanol–water partition coefficient (Wildman–Crippen LogP) is 8.43. The topological polar surface area (TPSA) is 9.86 Å². The first kappa shape index (κ1) is 35.1. The Morgan fingerprint density at radius 2 is 0.951 bits per heavy atom. The summed E-state index contributed by atoms with van der Waals surface area (Å²) in [5.74, 6) is 6.43. The van der Waals surface area contributed by atoms with Crippen LogP contribution in [0.25, 0.3) is 43.6 Å². The van der Waals surface area contributed by atoms with E-state index in [2.05, 4.69) is 98.1 Å². The maximum absolute atomic E-state index is 7.18. The second-order valence-corrected chi connectivity index (χ2v) is 16.7. The zero-order valence-corrected chi connectivity index (χ0v) is 30.6. The second kappa shape index (κ2) is 16.0. The van der Waals surface area contributed by atoms with E-state index in [0.717, 1.165) is 16.6 Å². The molecule has 0 saturated carbocycles. The minimum atomic E-state index is 0. The summed E-state index contributed by atoms with van der Waals surface area (Å²) < 4.78 is 4.34. The number of para-hydroxylation sites is 2. The molecule has 41 heavy (non-hydrogen) atoms. The van der Waals surface area contributed by atoms with Crippen LogP contribution in [-0.2, 0) is 58.9 Å². The van der Waals surface area contributed by atoms with Crippen LogP contribution in [0.4, 0.5) is 0 Å². The maximum Gasteiger partial charge on any atom is 1.00 e. The number of aromatic nitrogens is 2. The predicted molar refractivity (Wildman–Crippen MR) is 179 cm³/mol. The van der Waals surface area contributed by atoms with Crippen molar-refractivity contribution in [2.24, 2.45) is 14.1 Å². The molecular weight excluding hydrogens is 904 g/mol. The fourth-order valence-corrected chi connectivity index (χ4v) is 10.8. The zero-order chi connectivity index (χ0) is 28.1. The van der Waals surface area contributed by atoms with Crippen LogP contribution >= 0.6 is 15.8 Å². The standard InChI is InChI=1S/2C15H10N.C5H14P2.2Au/c1-3-11-8-9-15-13(10-11)12-6-4-5-7-14(12)16(15)2;1-3-11-8-9-13-12-6-4-5-7-14(12)16(2)15(13)10-11;1-6(2)5-7(3)4;;/h2*4-10H,2H3;5H2,1-4H3;;/q2*-1;;2*+1/p+2. The molecule has 0 aliphatic heterocycles. The molecule has 0 amide bonds. The molecule has 2 nitrogen and oxygen atoms in total. The number of rotatable bonds is 2. The van der Waals surface area contributed by atoms with Crippen LogP contribution in [0.1, 0.15) is 11.1 Å². The first-order valence-electron chi connectivity index (χ1n) is 13.1. The molecule has 0 fully saturated rings. The van der Waals surface area contributed by atoms with Crippen molar-refractivity contribution >= 4 is 59.5 Å². The fraction of sp³-hybridized carbons (Fsp3) is 0.200. The smallest absolute Gasteiger partial charge is 0.366 e. The maximum atomic E-state index is 7.18. The van der Waals surface area contributed by atoms with Gasteiger partial charge in [-0.3, -0.25) is 11.8 Å². The van der Waals surface area contributed by atoms with Crippen LogP contribution in [0.5, 0.6) is 0 Å².